The molecule has 0 aliphatic heterocycles. The molecule has 0 radical (unpaired) electrons. The molecule has 3 N–H and O–H groups in total. The van der Waals surface area contributed by atoms with E-state index in [2.05, 4.69) is 0 Å². The summed E-state index contributed by atoms with van der Waals surface area (Å²) in [5, 5.41) is 19.7. The number of carboxylic acid groups (broad SMARTS) is 1. The highest BCUT2D eigenvalue weighted by atomic mass is 16.6. The Hall–Kier alpha value is -2.11. The van der Waals surface area contributed by atoms with Crippen LogP contribution in [0.1, 0.15) is 31.2 Å². The number of benzene rings is 1. The average molecular weight is 238 g/mol. The van der Waals surface area contributed by atoms with Gasteiger partial charge in [-0.2, -0.15) is 0 Å². The summed E-state index contributed by atoms with van der Waals surface area (Å²) in [5.74, 6) is -1.81. The number of nitro groups is 1. The first kappa shape index (κ1) is 13.0. The van der Waals surface area contributed by atoms with E-state index in [0.29, 0.717) is 18.4 Å². The summed E-state index contributed by atoms with van der Waals surface area (Å²) in [7, 11) is 0. The lowest BCUT2D eigenvalue weighted by Gasteiger charge is -2.13. The summed E-state index contributed by atoms with van der Waals surface area (Å²) in [5.41, 5.74) is 6.12. The molecule has 0 saturated carbocycles. The van der Waals surface area contributed by atoms with Crippen LogP contribution in [0.3, 0.4) is 0 Å². The van der Waals surface area contributed by atoms with E-state index in [4.69, 9.17) is 10.8 Å². The van der Waals surface area contributed by atoms with Crippen molar-refractivity contribution in [2.24, 2.45) is 0 Å². The zero-order chi connectivity index (χ0) is 13.0. The minimum atomic E-state index is -1.01. The highest BCUT2D eigenvalue weighted by Gasteiger charge is 2.23. The monoisotopic (exact) mass is 238 g/mol. The number of carboxylic acids is 1. The largest absolute Gasteiger partial charge is 0.481 e. The second kappa shape index (κ2) is 5.29. The maximum absolute atomic E-state index is 11.1. The van der Waals surface area contributed by atoms with Crippen LogP contribution >= 0.6 is 0 Å². The fourth-order valence-corrected chi connectivity index (χ4v) is 1.68. The molecule has 0 saturated heterocycles. The maximum atomic E-state index is 11.1. The van der Waals surface area contributed by atoms with Crippen molar-refractivity contribution in [2.75, 3.05) is 5.73 Å². The van der Waals surface area contributed by atoms with Crippen LogP contribution in [-0.4, -0.2) is 16.0 Å². The maximum Gasteiger partial charge on any atom is 0.311 e. The number of nitrogens with two attached hydrogens (primary N) is 1. The quantitative estimate of drug-likeness (QED) is 0.464. The summed E-state index contributed by atoms with van der Waals surface area (Å²) < 4.78 is 0. The predicted molar refractivity (Wildman–Crippen MR) is 62.8 cm³/mol. The minimum absolute atomic E-state index is 0.142. The van der Waals surface area contributed by atoms with Gasteiger partial charge in [-0.25, -0.2) is 0 Å². The van der Waals surface area contributed by atoms with Gasteiger partial charge in [-0.15, -0.1) is 0 Å². The van der Waals surface area contributed by atoms with E-state index in [1.807, 2.05) is 6.92 Å². The number of hydrogen-bond acceptors (Lipinski definition) is 4. The van der Waals surface area contributed by atoms with Crippen LogP contribution in [0.5, 0.6) is 0 Å². The van der Waals surface area contributed by atoms with Gasteiger partial charge >= 0.3 is 5.97 Å². The second-order valence-corrected chi connectivity index (χ2v) is 3.75. The van der Waals surface area contributed by atoms with Crippen molar-refractivity contribution >= 4 is 17.3 Å². The van der Waals surface area contributed by atoms with Crippen LogP contribution < -0.4 is 5.73 Å². The molecule has 0 spiro atoms. The van der Waals surface area contributed by atoms with Crippen LogP contribution in [0, 0.1) is 10.1 Å². The number of anilines is 1. The smallest absolute Gasteiger partial charge is 0.311 e. The first-order valence-corrected chi connectivity index (χ1v) is 5.24. The lowest BCUT2D eigenvalue weighted by molar-refractivity contribution is -0.384. The molecular formula is C11H14N2O4. The third-order valence-corrected chi connectivity index (χ3v) is 2.53. The van der Waals surface area contributed by atoms with Gasteiger partial charge in [0.2, 0.25) is 0 Å². The molecule has 6 nitrogen and oxygen atoms in total. The normalized spacial score (nSPS) is 12.1. The molecule has 0 fully saturated rings. The Balaban J connectivity index is 3.21. The molecule has 1 rings (SSSR count). The number of non-ortho nitro benzene ring substituents is 1. The van der Waals surface area contributed by atoms with Crippen molar-refractivity contribution < 1.29 is 14.8 Å². The lowest BCUT2D eigenvalue weighted by Crippen LogP contribution is -2.13. The molecule has 92 valence electrons. The molecule has 0 amide bonds. The number of aliphatic carboxylic acids is 1. The lowest BCUT2D eigenvalue weighted by atomic mass is 9.93. The highest BCUT2D eigenvalue weighted by Crippen LogP contribution is 2.30. The van der Waals surface area contributed by atoms with E-state index < -0.39 is 16.8 Å². The fraction of sp³-hybridized carbons (Fsp3) is 0.364. The van der Waals surface area contributed by atoms with Crippen molar-refractivity contribution in [2.45, 2.75) is 25.7 Å². The number of carbonyl (C=O) groups is 1. The van der Waals surface area contributed by atoms with E-state index in [1.165, 1.54) is 18.2 Å². The summed E-state index contributed by atoms with van der Waals surface area (Å²) in [6.07, 6.45) is 1.07. The molecule has 1 aromatic rings. The highest BCUT2D eigenvalue weighted by molar-refractivity contribution is 5.79. The third-order valence-electron chi connectivity index (χ3n) is 2.53. The van der Waals surface area contributed by atoms with Gasteiger partial charge in [0.25, 0.3) is 5.69 Å². The minimum Gasteiger partial charge on any atom is -0.481 e. The van der Waals surface area contributed by atoms with Crippen LogP contribution in [0.4, 0.5) is 11.4 Å². The summed E-state index contributed by atoms with van der Waals surface area (Å²) in [6, 6.07) is 3.88. The zero-order valence-electron chi connectivity index (χ0n) is 9.42. The molecule has 0 aliphatic carbocycles. The molecule has 0 bridgehead atoms. The molecular weight excluding hydrogens is 224 g/mol. The van der Waals surface area contributed by atoms with Gasteiger partial charge in [-0.1, -0.05) is 13.3 Å². The number of hydrogen-bond donors (Lipinski definition) is 2. The van der Waals surface area contributed by atoms with Crippen molar-refractivity contribution in [3.8, 4) is 0 Å². The number of nitro benzene ring substituents is 1. The van der Waals surface area contributed by atoms with Crippen molar-refractivity contribution in [3.05, 3.63) is 33.9 Å². The number of rotatable bonds is 5. The van der Waals surface area contributed by atoms with E-state index in [0.717, 1.165) is 0 Å². The third kappa shape index (κ3) is 2.93. The van der Waals surface area contributed by atoms with Gasteiger partial charge in [0.05, 0.1) is 10.8 Å². The predicted octanol–water partition coefficient (Wildman–Crippen LogP) is 2.15. The van der Waals surface area contributed by atoms with Crippen LogP contribution in [0.15, 0.2) is 18.2 Å². The Kier molecular flexibility index (Phi) is 4.03. The van der Waals surface area contributed by atoms with E-state index >= 15 is 0 Å². The molecule has 1 aromatic carbocycles. The van der Waals surface area contributed by atoms with Crippen molar-refractivity contribution in [1.82, 2.24) is 0 Å². The molecule has 17 heavy (non-hydrogen) atoms. The Labute approximate surface area is 98.2 Å². The SMILES string of the molecule is CCCC(C(=O)O)c1cc([N+](=O)[O-])ccc1N. The number of nitrogen functional groups attached to an aromatic ring is 1. The van der Waals surface area contributed by atoms with E-state index in [9.17, 15) is 14.9 Å². The van der Waals surface area contributed by atoms with Gasteiger partial charge < -0.3 is 10.8 Å². The number of nitrogens with zero attached hydrogens (tertiary/aromatic N) is 1. The molecule has 0 aliphatic rings. The molecule has 1 atom stereocenters. The molecule has 6 heteroatoms. The van der Waals surface area contributed by atoms with Crippen LogP contribution in [-0.2, 0) is 4.79 Å². The van der Waals surface area contributed by atoms with Gasteiger partial charge in [0, 0.05) is 17.8 Å². The van der Waals surface area contributed by atoms with E-state index in [-0.39, 0.29) is 11.4 Å². The Morgan fingerprint density at radius 3 is 2.71 bits per heavy atom. The summed E-state index contributed by atoms with van der Waals surface area (Å²) in [4.78, 5) is 21.2. The van der Waals surface area contributed by atoms with Gasteiger partial charge in [0.1, 0.15) is 0 Å². The topological polar surface area (TPSA) is 106 Å². The fourth-order valence-electron chi connectivity index (χ4n) is 1.68. The van der Waals surface area contributed by atoms with Crippen molar-refractivity contribution in [1.29, 1.82) is 0 Å². The molecule has 1 unspecified atom stereocenters. The van der Waals surface area contributed by atoms with Crippen molar-refractivity contribution in [3.63, 3.8) is 0 Å². The first-order chi connectivity index (χ1) is 7.97. The Bertz CT molecular complexity index is 445. The summed E-state index contributed by atoms with van der Waals surface area (Å²) >= 11 is 0. The first-order valence-electron chi connectivity index (χ1n) is 5.24. The van der Waals surface area contributed by atoms with Gasteiger partial charge in [0.15, 0.2) is 0 Å². The average Bonchev–Trinajstić information content (AvgIpc) is 2.26. The van der Waals surface area contributed by atoms with Crippen LogP contribution in [0.25, 0.3) is 0 Å². The Morgan fingerprint density at radius 2 is 2.24 bits per heavy atom. The molecule has 0 heterocycles. The summed E-state index contributed by atoms with van der Waals surface area (Å²) in [6.45, 7) is 1.85. The standard InChI is InChI=1S/C11H14N2O4/c1-2-3-8(11(14)15)9-6-7(13(16)17)4-5-10(9)12/h4-6,8H,2-3,12H2,1H3,(H,14,15). The van der Waals surface area contributed by atoms with Gasteiger partial charge in [-0.05, 0) is 18.1 Å². The van der Waals surface area contributed by atoms with Crippen LogP contribution in [0.2, 0.25) is 0 Å². The molecule has 0 aromatic heterocycles. The Morgan fingerprint density at radius 1 is 1.59 bits per heavy atom. The second-order valence-electron chi connectivity index (χ2n) is 3.75. The van der Waals surface area contributed by atoms with Gasteiger partial charge in [-0.3, -0.25) is 14.9 Å². The van der Waals surface area contributed by atoms with E-state index in [1.54, 1.807) is 0 Å². The zero-order valence-corrected chi connectivity index (χ0v) is 9.42.